The van der Waals surface area contributed by atoms with E-state index in [4.69, 9.17) is 0 Å². The van der Waals surface area contributed by atoms with Crippen LogP contribution < -0.4 is 0 Å². The second-order valence-electron chi connectivity index (χ2n) is 8.07. The fourth-order valence-corrected chi connectivity index (χ4v) is 5.88. The first-order valence-corrected chi connectivity index (χ1v) is 10.9. The van der Waals surface area contributed by atoms with Crippen LogP contribution in [0.15, 0.2) is 45.0 Å². The first-order valence-electron chi connectivity index (χ1n) is 10.1. The highest BCUT2D eigenvalue weighted by atomic mass is 32.2. The minimum absolute atomic E-state index is 0.351. The largest absolute Gasteiger partial charge is 0.344 e. The number of Topliss-reactive ketones (excluding diaryl/α,β-unsaturated/α-hetero) is 1. The van der Waals surface area contributed by atoms with Crippen molar-refractivity contribution in [1.29, 1.82) is 0 Å². The Hall–Kier alpha value is -1.26. The molecule has 0 radical (unpaired) electrons. The van der Waals surface area contributed by atoms with Crippen molar-refractivity contribution in [2.45, 2.75) is 45.4 Å². The van der Waals surface area contributed by atoms with Gasteiger partial charge in [-0.05, 0) is 70.7 Å². The molecule has 0 aromatic heterocycles. The zero-order valence-corrected chi connectivity index (χ0v) is 17.1. The van der Waals surface area contributed by atoms with E-state index in [2.05, 4.69) is 42.1 Å². The van der Waals surface area contributed by atoms with E-state index in [-0.39, 0.29) is 0 Å². The maximum absolute atomic E-state index is 12.5. The molecule has 0 aromatic carbocycles. The molecule has 4 aliphatic rings. The van der Waals surface area contributed by atoms with Crippen LogP contribution in [0.2, 0.25) is 0 Å². The highest BCUT2D eigenvalue weighted by Crippen LogP contribution is 2.60. The molecule has 3 nitrogen and oxygen atoms in total. The summed E-state index contributed by atoms with van der Waals surface area (Å²) in [6, 6.07) is 0. The molecule has 0 bridgehead atoms. The van der Waals surface area contributed by atoms with Gasteiger partial charge in [0.2, 0.25) is 0 Å². The zero-order valence-electron chi connectivity index (χ0n) is 16.3. The minimum atomic E-state index is 0.351. The number of allylic oxidation sites excluding steroid dienone is 7. The molecule has 0 amide bonds. The molecule has 2 unspecified atom stereocenters. The molecule has 1 saturated carbocycles. The first-order chi connectivity index (χ1) is 12.6. The normalized spacial score (nSPS) is 27.1. The Kier molecular flexibility index (Phi) is 5.15. The molecule has 4 rings (SSSR count). The number of rotatable bonds is 6. The Balaban J connectivity index is 1.67. The molecule has 140 valence electrons. The van der Waals surface area contributed by atoms with Crippen LogP contribution in [0.5, 0.6) is 0 Å². The Morgan fingerprint density at radius 2 is 2.15 bits per heavy atom. The number of thioether (sulfide) groups is 1. The first kappa shape index (κ1) is 18.1. The van der Waals surface area contributed by atoms with Crippen LogP contribution in [0.25, 0.3) is 0 Å². The number of carbonyl (C=O) groups excluding carboxylic acids is 1. The predicted molar refractivity (Wildman–Crippen MR) is 109 cm³/mol. The van der Waals surface area contributed by atoms with Crippen molar-refractivity contribution >= 4 is 17.5 Å². The van der Waals surface area contributed by atoms with Crippen molar-refractivity contribution < 1.29 is 4.79 Å². The Morgan fingerprint density at radius 1 is 1.31 bits per heavy atom. The van der Waals surface area contributed by atoms with Crippen LogP contribution in [0, 0.1) is 11.8 Å². The van der Waals surface area contributed by atoms with E-state index in [1.165, 1.54) is 17.8 Å². The third-order valence-electron chi connectivity index (χ3n) is 5.89. The van der Waals surface area contributed by atoms with E-state index < -0.39 is 0 Å². The van der Waals surface area contributed by atoms with Gasteiger partial charge in [-0.2, -0.15) is 0 Å². The molecule has 26 heavy (non-hydrogen) atoms. The molecule has 0 spiro atoms. The van der Waals surface area contributed by atoms with Crippen LogP contribution in [0.4, 0.5) is 0 Å². The summed E-state index contributed by atoms with van der Waals surface area (Å²) in [6.45, 7) is 4.15. The average Bonchev–Trinajstić information content (AvgIpc) is 3.43. The highest BCUT2D eigenvalue weighted by Gasteiger charge is 2.49. The maximum atomic E-state index is 12.5. The number of carbonyl (C=O) groups is 1. The van der Waals surface area contributed by atoms with E-state index in [0.29, 0.717) is 24.0 Å². The van der Waals surface area contributed by atoms with Crippen molar-refractivity contribution in [3.63, 3.8) is 0 Å². The molecule has 4 heteroatoms. The van der Waals surface area contributed by atoms with Crippen LogP contribution in [-0.2, 0) is 4.79 Å². The topological polar surface area (TPSA) is 23.6 Å². The van der Waals surface area contributed by atoms with E-state index in [1.54, 1.807) is 9.81 Å². The van der Waals surface area contributed by atoms with E-state index in [9.17, 15) is 4.79 Å². The molecule has 3 aliphatic carbocycles. The van der Waals surface area contributed by atoms with Gasteiger partial charge in [-0.15, -0.1) is 0 Å². The van der Waals surface area contributed by atoms with Gasteiger partial charge in [0.25, 0.3) is 0 Å². The van der Waals surface area contributed by atoms with Crippen molar-refractivity contribution in [1.82, 2.24) is 9.80 Å². The third-order valence-corrected chi connectivity index (χ3v) is 7.27. The van der Waals surface area contributed by atoms with Gasteiger partial charge in [-0.3, -0.25) is 4.79 Å². The summed E-state index contributed by atoms with van der Waals surface area (Å²) in [4.78, 5) is 20.4. The molecule has 0 aromatic rings. The monoisotopic (exact) mass is 370 g/mol. The summed E-state index contributed by atoms with van der Waals surface area (Å²) in [6.07, 6.45) is 13.2. The fourth-order valence-electron chi connectivity index (χ4n) is 4.42. The number of fused-ring (bicyclic) bond motifs is 2. The van der Waals surface area contributed by atoms with Gasteiger partial charge in [0, 0.05) is 34.0 Å². The highest BCUT2D eigenvalue weighted by molar-refractivity contribution is 8.06. The lowest BCUT2D eigenvalue weighted by atomic mass is 9.96. The lowest BCUT2D eigenvalue weighted by molar-refractivity contribution is -0.115. The number of ketones is 1. The van der Waals surface area contributed by atoms with E-state index in [1.807, 2.05) is 18.7 Å². The number of nitrogens with zero attached hydrogens (tertiary/aromatic N) is 2. The second kappa shape index (κ2) is 7.40. The zero-order chi connectivity index (χ0) is 18.3. The average molecular weight is 371 g/mol. The molecule has 2 atom stereocenters. The van der Waals surface area contributed by atoms with Crippen molar-refractivity contribution in [3.05, 3.63) is 45.0 Å². The van der Waals surface area contributed by atoms with Gasteiger partial charge in [-0.1, -0.05) is 30.8 Å². The van der Waals surface area contributed by atoms with Crippen LogP contribution >= 0.6 is 11.8 Å². The number of hydrogen-bond acceptors (Lipinski definition) is 4. The maximum Gasteiger partial charge on any atom is 0.158 e. The summed E-state index contributed by atoms with van der Waals surface area (Å²) >= 11 is 2.03. The van der Waals surface area contributed by atoms with Crippen LogP contribution in [0.3, 0.4) is 0 Å². The molecule has 1 heterocycles. The summed E-state index contributed by atoms with van der Waals surface area (Å²) in [5.41, 5.74) is 3.96. The van der Waals surface area contributed by atoms with E-state index in [0.717, 1.165) is 44.3 Å². The van der Waals surface area contributed by atoms with Gasteiger partial charge in [0.15, 0.2) is 5.78 Å². The minimum Gasteiger partial charge on any atom is -0.344 e. The lowest BCUT2D eigenvalue weighted by Crippen LogP contribution is -2.31. The fraction of sp³-hybridized carbons (Fsp3) is 0.591. The summed E-state index contributed by atoms with van der Waals surface area (Å²) in [5.74, 6) is 1.45. The summed E-state index contributed by atoms with van der Waals surface area (Å²) < 4.78 is 0. The quantitative estimate of drug-likeness (QED) is 0.632. The van der Waals surface area contributed by atoms with Gasteiger partial charge >= 0.3 is 0 Å². The SMILES string of the molecule is CCC(=O)C1=CC2=C(SC3=C(CCC=CC3)N2CCCN(C)C)C2CC12. The molecule has 0 N–H and O–H groups in total. The standard InChI is InChI=1S/C22H30N2OS/c1-4-20(25)16-14-19-22(17-13-15(16)17)26-21-10-7-5-6-9-18(21)24(19)12-8-11-23(2)3/h5,7,14-15,17H,4,6,8-13H2,1-3H3. The summed E-state index contributed by atoms with van der Waals surface area (Å²) in [5, 5.41) is 0. The Labute approximate surface area is 161 Å². The lowest BCUT2D eigenvalue weighted by Gasteiger charge is -2.38. The van der Waals surface area contributed by atoms with Gasteiger partial charge < -0.3 is 9.80 Å². The molecular weight excluding hydrogens is 340 g/mol. The molecular formula is C22H30N2OS. The smallest absolute Gasteiger partial charge is 0.158 e. The van der Waals surface area contributed by atoms with Crippen molar-refractivity contribution in [2.24, 2.45) is 11.8 Å². The molecule has 1 aliphatic heterocycles. The molecule has 1 fully saturated rings. The van der Waals surface area contributed by atoms with Crippen molar-refractivity contribution in [3.8, 4) is 0 Å². The summed E-state index contributed by atoms with van der Waals surface area (Å²) in [7, 11) is 4.29. The number of hydrogen-bond donors (Lipinski definition) is 0. The Bertz CT molecular complexity index is 728. The van der Waals surface area contributed by atoms with Gasteiger partial charge in [0.1, 0.15) is 0 Å². The predicted octanol–water partition coefficient (Wildman–Crippen LogP) is 4.71. The van der Waals surface area contributed by atoms with E-state index >= 15 is 0 Å². The Morgan fingerprint density at radius 3 is 2.92 bits per heavy atom. The van der Waals surface area contributed by atoms with Crippen LogP contribution in [-0.4, -0.2) is 42.8 Å². The third kappa shape index (κ3) is 3.34. The molecule has 0 saturated heterocycles. The van der Waals surface area contributed by atoms with Gasteiger partial charge in [-0.25, -0.2) is 0 Å². The van der Waals surface area contributed by atoms with Crippen molar-refractivity contribution in [2.75, 3.05) is 27.2 Å². The second-order valence-corrected chi connectivity index (χ2v) is 9.21. The van der Waals surface area contributed by atoms with Crippen LogP contribution in [0.1, 0.15) is 45.4 Å². The van der Waals surface area contributed by atoms with Gasteiger partial charge in [0.05, 0.1) is 5.70 Å².